The second-order valence-corrected chi connectivity index (χ2v) is 7.20. The third-order valence-electron chi connectivity index (χ3n) is 5.42. The van der Waals surface area contributed by atoms with E-state index in [1.807, 2.05) is 12.1 Å². The van der Waals surface area contributed by atoms with Gasteiger partial charge in [0, 0.05) is 17.7 Å². The Hall–Kier alpha value is -3.80. The van der Waals surface area contributed by atoms with Crippen LogP contribution < -0.4 is 9.47 Å². The van der Waals surface area contributed by atoms with Crippen LogP contribution >= 0.6 is 0 Å². The summed E-state index contributed by atoms with van der Waals surface area (Å²) in [6.07, 6.45) is 0. The molecule has 5 nitrogen and oxygen atoms in total. The van der Waals surface area contributed by atoms with E-state index in [9.17, 15) is 14.3 Å². The number of hydrogen-bond donors (Lipinski definition) is 1. The van der Waals surface area contributed by atoms with Crippen LogP contribution in [0.5, 0.6) is 11.5 Å². The summed E-state index contributed by atoms with van der Waals surface area (Å²) in [5, 5.41) is 10.8. The number of aliphatic hydroxyl groups excluding tert-OH is 1. The highest BCUT2D eigenvalue weighted by molar-refractivity contribution is 6.05. The van der Waals surface area contributed by atoms with Crippen LogP contribution in [0.25, 0.3) is 5.57 Å². The summed E-state index contributed by atoms with van der Waals surface area (Å²) in [5.41, 5.74) is 2.14. The summed E-state index contributed by atoms with van der Waals surface area (Å²) in [6, 6.07) is 19.8. The largest absolute Gasteiger partial charge is 0.503 e. The lowest BCUT2D eigenvalue weighted by atomic mass is 9.93. The zero-order valence-corrected chi connectivity index (χ0v) is 17.2. The minimum atomic E-state index is -0.774. The van der Waals surface area contributed by atoms with Crippen molar-refractivity contribution in [2.75, 3.05) is 14.2 Å². The molecule has 158 valence electrons. The topological polar surface area (TPSA) is 59.0 Å². The molecule has 6 heteroatoms. The van der Waals surface area contributed by atoms with Crippen molar-refractivity contribution in [2.24, 2.45) is 0 Å². The molecule has 4 rings (SSSR count). The second kappa shape index (κ2) is 8.52. The molecular weight excluding hydrogens is 397 g/mol. The third-order valence-corrected chi connectivity index (χ3v) is 5.42. The predicted octanol–water partition coefficient (Wildman–Crippen LogP) is 4.90. The van der Waals surface area contributed by atoms with Gasteiger partial charge in [0.05, 0.1) is 20.3 Å². The van der Waals surface area contributed by atoms with Crippen molar-refractivity contribution in [1.82, 2.24) is 4.90 Å². The molecule has 31 heavy (non-hydrogen) atoms. The fourth-order valence-corrected chi connectivity index (χ4v) is 3.83. The van der Waals surface area contributed by atoms with E-state index in [0.717, 1.165) is 5.56 Å². The molecule has 0 saturated carbocycles. The highest BCUT2D eigenvalue weighted by Crippen LogP contribution is 2.44. The van der Waals surface area contributed by atoms with Gasteiger partial charge in [0.15, 0.2) is 5.76 Å². The van der Waals surface area contributed by atoms with Crippen LogP contribution in [0, 0.1) is 5.82 Å². The van der Waals surface area contributed by atoms with Gasteiger partial charge in [-0.1, -0.05) is 42.5 Å². The number of halogens is 1. The molecule has 1 amide bonds. The first-order chi connectivity index (χ1) is 15.0. The molecule has 0 fully saturated rings. The zero-order chi connectivity index (χ0) is 22.0. The highest BCUT2D eigenvalue weighted by Gasteiger charge is 2.42. The van der Waals surface area contributed by atoms with Gasteiger partial charge >= 0.3 is 0 Å². The Bertz CT molecular complexity index is 1120. The maximum absolute atomic E-state index is 14.8. The first-order valence-electron chi connectivity index (χ1n) is 9.79. The Morgan fingerprint density at radius 1 is 0.903 bits per heavy atom. The minimum Gasteiger partial charge on any atom is -0.503 e. The Morgan fingerprint density at radius 3 is 2.06 bits per heavy atom. The Morgan fingerprint density at radius 2 is 1.48 bits per heavy atom. The van der Waals surface area contributed by atoms with E-state index in [1.165, 1.54) is 11.0 Å². The molecule has 0 aromatic heterocycles. The van der Waals surface area contributed by atoms with E-state index in [1.54, 1.807) is 68.8 Å². The standard InChI is InChI=1S/C25H22FNO4/c1-30-18-11-7-16(8-12-18)15-27-23(20-5-3-4-6-21(20)26)22(24(28)25(27)29)17-9-13-19(31-2)14-10-17/h3-14,23,28H,15H2,1-2H3. The number of carbonyl (C=O) groups excluding carboxylic acids is 1. The first-order valence-corrected chi connectivity index (χ1v) is 9.79. The first kappa shape index (κ1) is 20.5. The molecule has 0 aliphatic carbocycles. The van der Waals surface area contributed by atoms with Crippen molar-refractivity contribution in [1.29, 1.82) is 0 Å². The van der Waals surface area contributed by atoms with Gasteiger partial charge in [-0.3, -0.25) is 4.79 Å². The number of amides is 1. The number of aliphatic hydroxyl groups is 1. The van der Waals surface area contributed by atoms with Gasteiger partial charge in [-0.2, -0.15) is 0 Å². The van der Waals surface area contributed by atoms with Gasteiger partial charge in [-0.05, 0) is 41.5 Å². The van der Waals surface area contributed by atoms with Crippen molar-refractivity contribution < 1.29 is 23.8 Å². The molecule has 1 N–H and O–H groups in total. The molecule has 1 atom stereocenters. The van der Waals surface area contributed by atoms with Gasteiger partial charge in [0.1, 0.15) is 17.3 Å². The zero-order valence-electron chi connectivity index (χ0n) is 17.2. The average molecular weight is 419 g/mol. The average Bonchev–Trinajstić information content (AvgIpc) is 3.05. The molecule has 0 bridgehead atoms. The van der Waals surface area contributed by atoms with Gasteiger partial charge in [-0.25, -0.2) is 4.39 Å². The second-order valence-electron chi connectivity index (χ2n) is 7.20. The smallest absolute Gasteiger partial charge is 0.290 e. The third kappa shape index (κ3) is 3.84. The molecular formula is C25H22FNO4. The minimum absolute atomic E-state index is 0.200. The van der Waals surface area contributed by atoms with Gasteiger partial charge < -0.3 is 19.5 Å². The van der Waals surface area contributed by atoms with Gasteiger partial charge in [0.25, 0.3) is 5.91 Å². The molecule has 1 unspecified atom stereocenters. The van der Waals surface area contributed by atoms with Crippen LogP contribution in [0.4, 0.5) is 4.39 Å². The summed E-state index contributed by atoms with van der Waals surface area (Å²) in [6.45, 7) is 0.200. The molecule has 0 saturated heterocycles. The van der Waals surface area contributed by atoms with Crippen molar-refractivity contribution in [3.63, 3.8) is 0 Å². The van der Waals surface area contributed by atoms with Gasteiger partial charge in [-0.15, -0.1) is 0 Å². The van der Waals surface area contributed by atoms with Crippen molar-refractivity contribution >= 4 is 11.5 Å². The van der Waals surface area contributed by atoms with Crippen LogP contribution in [0.3, 0.4) is 0 Å². The van der Waals surface area contributed by atoms with Crippen LogP contribution in [-0.4, -0.2) is 30.1 Å². The van der Waals surface area contributed by atoms with Crippen LogP contribution in [0.2, 0.25) is 0 Å². The number of carbonyl (C=O) groups is 1. The quantitative estimate of drug-likeness (QED) is 0.618. The number of hydrogen-bond acceptors (Lipinski definition) is 4. The van der Waals surface area contributed by atoms with E-state index >= 15 is 0 Å². The van der Waals surface area contributed by atoms with Crippen LogP contribution in [-0.2, 0) is 11.3 Å². The van der Waals surface area contributed by atoms with E-state index in [4.69, 9.17) is 9.47 Å². The Balaban J connectivity index is 1.79. The van der Waals surface area contributed by atoms with Crippen LogP contribution in [0.15, 0.2) is 78.6 Å². The van der Waals surface area contributed by atoms with Crippen molar-refractivity contribution in [3.05, 3.63) is 101 Å². The number of methoxy groups -OCH3 is 2. The summed E-state index contributed by atoms with van der Waals surface area (Å²) in [5.74, 6) is -0.0321. The summed E-state index contributed by atoms with van der Waals surface area (Å²) >= 11 is 0. The lowest BCUT2D eigenvalue weighted by molar-refractivity contribution is -0.130. The molecule has 0 radical (unpaired) electrons. The van der Waals surface area contributed by atoms with Crippen LogP contribution in [0.1, 0.15) is 22.7 Å². The molecule has 1 aliphatic heterocycles. The van der Waals surface area contributed by atoms with Crippen molar-refractivity contribution in [2.45, 2.75) is 12.6 Å². The summed E-state index contributed by atoms with van der Waals surface area (Å²) < 4.78 is 25.2. The number of benzene rings is 3. The lowest BCUT2D eigenvalue weighted by Crippen LogP contribution is -2.30. The Labute approximate surface area is 180 Å². The molecule has 1 aliphatic rings. The number of nitrogens with zero attached hydrogens (tertiary/aromatic N) is 1. The molecule has 3 aromatic rings. The highest BCUT2D eigenvalue weighted by atomic mass is 19.1. The SMILES string of the molecule is COc1ccc(CN2C(=O)C(O)=C(c3ccc(OC)cc3)C2c2ccccc2F)cc1. The fourth-order valence-electron chi connectivity index (χ4n) is 3.83. The summed E-state index contributed by atoms with van der Waals surface area (Å²) in [7, 11) is 3.14. The van der Waals surface area contributed by atoms with E-state index in [-0.39, 0.29) is 12.3 Å². The molecule has 3 aromatic carbocycles. The van der Waals surface area contributed by atoms with E-state index in [0.29, 0.717) is 28.2 Å². The Kier molecular flexibility index (Phi) is 5.62. The number of ether oxygens (including phenoxy) is 2. The monoisotopic (exact) mass is 419 g/mol. The van der Waals surface area contributed by atoms with Gasteiger partial charge in [0.2, 0.25) is 0 Å². The normalized spacial score (nSPS) is 16.0. The lowest BCUT2D eigenvalue weighted by Gasteiger charge is -2.28. The summed E-state index contributed by atoms with van der Waals surface area (Å²) in [4.78, 5) is 14.6. The van der Waals surface area contributed by atoms with Crippen molar-refractivity contribution in [3.8, 4) is 11.5 Å². The maximum Gasteiger partial charge on any atom is 0.290 e. The van der Waals surface area contributed by atoms with E-state index < -0.39 is 17.8 Å². The fraction of sp³-hybridized carbons (Fsp3) is 0.160. The van der Waals surface area contributed by atoms with E-state index in [2.05, 4.69) is 0 Å². The molecule has 1 heterocycles. The number of rotatable bonds is 6. The maximum atomic E-state index is 14.8. The molecule has 0 spiro atoms. The predicted molar refractivity (Wildman–Crippen MR) is 115 cm³/mol.